The van der Waals surface area contributed by atoms with E-state index in [4.69, 9.17) is 5.73 Å². The van der Waals surface area contributed by atoms with Crippen LogP contribution in [0.5, 0.6) is 0 Å². The Balaban J connectivity index is 1.85. The number of nitrogens with two attached hydrogens (primary N) is 1. The molecule has 0 fully saturated rings. The number of anilines is 2. The molecule has 0 amide bonds. The SMILES string of the molecule is Cc1cc2c(N3Cc4ccccc4C3)ccc(N)c2cn1. The van der Waals surface area contributed by atoms with Gasteiger partial charge in [-0.25, -0.2) is 0 Å². The first-order valence-corrected chi connectivity index (χ1v) is 7.19. The van der Waals surface area contributed by atoms with E-state index in [1.54, 1.807) is 0 Å². The van der Waals surface area contributed by atoms with Gasteiger partial charge in [0.1, 0.15) is 0 Å². The highest BCUT2D eigenvalue weighted by Gasteiger charge is 2.20. The first kappa shape index (κ1) is 12.2. The number of pyridine rings is 1. The fourth-order valence-electron chi connectivity index (χ4n) is 3.13. The number of rotatable bonds is 1. The number of benzene rings is 2. The van der Waals surface area contributed by atoms with Crippen LogP contribution in [0.25, 0.3) is 10.8 Å². The Morgan fingerprint density at radius 3 is 2.43 bits per heavy atom. The Labute approximate surface area is 124 Å². The first-order chi connectivity index (χ1) is 10.2. The number of aryl methyl sites for hydroxylation is 1. The highest BCUT2D eigenvalue weighted by Crippen LogP contribution is 2.35. The van der Waals surface area contributed by atoms with Crippen LogP contribution in [0, 0.1) is 6.92 Å². The Hall–Kier alpha value is -2.55. The summed E-state index contributed by atoms with van der Waals surface area (Å²) in [5.41, 5.74) is 12.0. The molecular weight excluding hydrogens is 258 g/mol. The molecular formula is C18H17N3. The van der Waals surface area contributed by atoms with Crippen molar-refractivity contribution in [3.63, 3.8) is 0 Å². The lowest BCUT2D eigenvalue weighted by Crippen LogP contribution is -2.15. The molecule has 0 atom stereocenters. The van der Waals surface area contributed by atoms with Gasteiger partial charge < -0.3 is 10.6 Å². The standard InChI is InChI=1S/C18H17N3/c1-12-8-15-16(9-20-12)17(19)6-7-18(15)21-10-13-4-2-3-5-14(13)11-21/h2-9H,10-11,19H2,1H3. The summed E-state index contributed by atoms with van der Waals surface area (Å²) in [5.74, 6) is 0. The Bertz CT molecular complexity index is 814. The Morgan fingerprint density at radius 2 is 1.71 bits per heavy atom. The zero-order valence-electron chi connectivity index (χ0n) is 12.0. The molecule has 0 radical (unpaired) electrons. The molecule has 3 aromatic rings. The molecule has 4 rings (SSSR count). The molecule has 104 valence electrons. The second-order valence-electron chi connectivity index (χ2n) is 5.67. The molecule has 1 aromatic heterocycles. The highest BCUT2D eigenvalue weighted by atomic mass is 15.1. The summed E-state index contributed by atoms with van der Waals surface area (Å²) in [4.78, 5) is 6.79. The quantitative estimate of drug-likeness (QED) is 0.689. The van der Waals surface area contributed by atoms with Crippen molar-refractivity contribution in [3.05, 3.63) is 65.5 Å². The van der Waals surface area contributed by atoms with Crippen LogP contribution in [0.4, 0.5) is 11.4 Å². The average Bonchev–Trinajstić information content (AvgIpc) is 2.91. The lowest BCUT2D eigenvalue weighted by Gasteiger charge is -2.21. The number of hydrogen-bond acceptors (Lipinski definition) is 3. The van der Waals surface area contributed by atoms with Crippen LogP contribution in [0.15, 0.2) is 48.7 Å². The molecule has 21 heavy (non-hydrogen) atoms. The predicted octanol–water partition coefficient (Wildman–Crippen LogP) is 3.65. The van der Waals surface area contributed by atoms with E-state index in [0.717, 1.165) is 29.9 Å². The minimum Gasteiger partial charge on any atom is -0.398 e. The number of nitrogen functional groups attached to an aromatic ring is 1. The lowest BCUT2D eigenvalue weighted by atomic mass is 10.1. The maximum absolute atomic E-state index is 6.10. The largest absolute Gasteiger partial charge is 0.398 e. The van der Waals surface area contributed by atoms with E-state index in [1.807, 2.05) is 19.2 Å². The zero-order chi connectivity index (χ0) is 14.4. The smallest absolute Gasteiger partial charge is 0.0454 e. The molecule has 0 spiro atoms. The van der Waals surface area contributed by atoms with Crippen molar-refractivity contribution in [2.24, 2.45) is 0 Å². The van der Waals surface area contributed by atoms with Gasteiger partial charge in [0, 0.05) is 47.1 Å². The molecule has 1 aliphatic rings. The van der Waals surface area contributed by atoms with Crippen molar-refractivity contribution >= 4 is 22.1 Å². The van der Waals surface area contributed by atoms with Crippen molar-refractivity contribution in [1.82, 2.24) is 4.98 Å². The first-order valence-electron chi connectivity index (χ1n) is 7.19. The van der Waals surface area contributed by atoms with Gasteiger partial charge in [0.2, 0.25) is 0 Å². The topological polar surface area (TPSA) is 42.1 Å². The van der Waals surface area contributed by atoms with Gasteiger partial charge in [0.15, 0.2) is 0 Å². The molecule has 2 heterocycles. The molecule has 0 unspecified atom stereocenters. The van der Waals surface area contributed by atoms with E-state index < -0.39 is 0 Å². The maximum Gasteiger partial charge on any atom is 0.0454 e. The second kappa shape index (κ2) is 4.48. The van der Waals surface area contributed by atoms with Gasteiger partial charge in [-0.2, -0.15) is 0 Å². The molecule has 1 aliphatic heterocycles. The third-order valence-electron chi connectivity index (χ3n) is 4.23. The van der Waals surface area contributed by atoms with Gasteiger partial charge >= 0.3 is 0 Å². The van der Waals surface area contributed by atoms with Crippen LogP contribution in [0.2, 0.25) is 0 Å². The number of aromatic nitrogens is 1. The number of hydrogen-bond donors (Lipinski definition) is 1. The van der Waals surface area contributed by atoms with Crippen LogP contribution in [0.1, 0.15) is 16.8 Å². The summed E-state index contributed by atoms with van der Waals surface area (Å²) in [6.45, 7) is 3.93. The van der Waals surface area contributed by atoms with Crippen molar-refractivity contribution in [1.29, 1.82) is 0 Å². The van der Waals surface area contributed by atoms with E-state index in [0.29, 0.717) is 0 Å². The summed E-state index contributed by atoms with van der Waals surface area (Å²) < 4.78 is 0. The van der Waals surface area contributed by atoms with Crippen LogP contribution in [0.3, 0.4) is 0 Å². The Morgan fingerprint density at radius 1 is 1.00 bits per heavy atom. The van der Waals surface area contributed by atoms with Gasteiger partial charge in [-0.05, 0) is 36.2 Å². The minimum absolute atomic E-state index is 0.790. The van der Waals surface area contributed by atoms with Crippen molar-refractivity contribution in [2.45, 2.75) is 20.0 Å². The third kappa shape index (κ3) is 1.93. The molecule has 0 aliphatic carbocycles. The van der Waals surface area contributed by atoms with E-state index in [1.165, 1.54) is 22.2 Å². The third-order valence-corrected chi connectivity index (χ3v) is 4.23. The molecule has 2 aromatic carbocycles. The van der Waals surface area contributed by atoms with Crippen LogP contribution in [-0.2, 0) is 13.1 Å². The van der Waals surface area contributed by atoms with E-state index in [-0.39, 0.29) is 0 Å². The van der Waals surface area contributed by atoms with E-state index in [9.17, 15) is 0 Å². The van der Waals surface area contributed by atoms with Crippen LogP contribution < -0.4 is 10.6 Å². The normalized spacial score (nSPS) is 13.7. The summed E-state index contributed by atoms with van der Waals surface area (Å²) in [6.07, 6.45) is 1.88. The van der Waals surface area contributed by atoms with Gasteiger partial charge in [0.05, 0.1) is 0 Å². The summed E-state index contributed by atoms with van der Waals surface area (Å²) in [6, 6.07) is 14.9. The average molecular weight is 275 g/mol. The number of nitrogens with zero attached hydrogens (tertiary/aromatic N) is 2. The molecule has 2 N–H and O–H groups in total. The second-order valence-corrected chi connectivity index (χ2v) is 5.67. The zero-order valence-corrected chi connectivity index (χ0v) is 12.0. The predicted molar refractivity (Wildman–Crippen MR) is 87.2 cm³/mol. The van der Waals surface area contributed by atoms with Gasteiger partial charge in [0.25, 0.3) is 0 Å². The molecule has 3 nitrogen and oxygen atoms in total. The molecule has 0 bridgehead atoms. The van der Waals surface area contributed by atoms with Crippen LogP contribution in [-0.4, -0.2) is 4.98 Å². The lowest BCUT2D eigenvalue weighted by molar-refractivity contribution is 0.885. The highest BCUT2D eigenvalue weighted by molar-refractivity contribution is 6.01. The van der Waals surface area contributed by atoms with E-state index >= 15 is 0 Å². The molecule has 3 heteroatoms. The van der Waals surface area contributed by atoms with Crippen LogP contribution >= 0.6 is 0 Å². The van der Waals surface area contributed by atoms with Crippen molar-refractivity contribution in [3.8, 4) is 0 Å². The van der Waals surface area contributed by atoms with Gasteiger partial charge in [-0.3, -0.25) is 4.98 Å². The fraction of sp³-hybridized carbons (Fsp3) is 0.167. The molecule has 0 saturated carbocycles. The van der Waals surface area contributed by atoms with E-state index in [2.05, 4.69) is 46.3 Å². The monoisotopic (exact) mass is 275 g/mol. The fourth-order valence-corrected chi connectivity index (χ4v) is 3.13. The minimum atomic E-state index is 0.790. The van der Waals surface area contributed by atoms with Gasteiger partial charge in [-0.15, -0.1) is 0 Å². The van der Waals surface area contributed by atoms with Crippen molar-refractivity contribution < 1.29 is 0 Å². The molecule has 0 saturated heterocycles. The number of fused-ring (bicyclic) bond motifs is 2. The summed E-state index contributed by atoms with van der Waals surface area (Å²) >= 11 is 0. The van der Waals surface area contributed by atoms with Gasteiger partial charge in [-0.1, -0.05) is 24.3 Å². The van der Waals surface area contributed by atoms with Crippen molar-refractivity contribution in [2.75, 3.05) is 10.6 Å². The maximum atomic E-state index is 6.10. The Kier molecular flexibility index (Phi) is 2.61. The summed E-state index contributed by atoms with van der Waals surface area (Å²) in [7, 11) is 0. The summed E-state index contributed by atoms with van der Waals surface area (Å²) in [5, 5.41) is 2.23.